The molecule has 0 aliphatic rings. The fourth-order valence-corrected chi connectivity index (χ4v) is 1.52. The second kappa shape index (κ2) is 7.89. The molecular weight excluding hydrogens is 256 g/mol. The number of ether oxygens (including phenoxy) is 1. The van der Waals surface area contributed by atoms with Crippen molar-refractivity contribution in [2.45, 2.75) is 19.8 Å². The van der Waals surface area contributed by atoms with Crippen molar-refractivity contribution < 1.29 is 14.6 Å². The highest BCUT2D eigenvalue weighted by Gasteiger charge is 2.11. The number of carbonyl (C=O) groups is 1. The molecular formula is C12H17ClN2O3. The van der Waals surface area contributed by atoms with E-state index in [9.17, 15) is 4.79 Å². The van der Waals surface area contributed by atoms with Crippen molar-refractivity contribution in [2.24, 2.45) is 0 Å². The first-order valence-corrected chi connectivity index (χ1v) is 6.24. The lowest BCUT2D eigenvalue weighted by Crippen LogP contribution is -2.11. The van der Waals surface area contributed by atoms with E-state index in [2.05, 4.69) is 10.3 Å². The van der Waals surface area contributed by atoms with Gasteiger partial charge in [-0.15, -0.1) is 0 Å². The van der Waals surface area contributed by atoms with Crippen LogP contribution in [0.5, 0.6) is 0 Å². The van der Waals surface area contributed by atoms with Crippen LogP contribution in [0, 0.1) is 0 Å². The van der Waals surface area contributed by atoms with Gasteiger partial charge in [0.05, 0.1) is 0 Å². The van der Waals surface area contributed by atoms with Gasteiger partial charge in [-0.25, -0.2) is 9.78 Å². The highest BCUT2D eigenvalue weighted by molar-refractivity contribution is 6.29. The standard InChI is InChI=1S/C12H17ClN2O3/c1-2-7-18-8-3-6-14-11-9(12(16)17)4-5-10(13)15-11/h4-5H,2-3,6-8H2,1H3,(H,14,15)(H,16,17). The van der Waals surface area contributed by atoms with Gasteiger partial charge in [0.25, 0.3) is 0 Å². The summed E-state index contributed by atoms with van der Waals surface area (Å²) < 4.78 is 5.32. The van der Waals surface area contributed by atoms with Gasteiger partial charge in [-0.1, -0.05) is 18.5 Å². The first kappa shape index (κ1) is 14.7. The van der Waals surface area contributed by atoms with Gasteiger partial charge in [0.1, 0.15) is 16.5 Å². The molecule has 2 N–H and O–H groups in total. The fourth-order valence-electron chi connectivity index (χ4n) is 1.37. The topological polar surface area (TPSA) is 71.5 Å². The zero-order valence-corrected chi connectivity index (χ0v) is 11.0. The Balaban J connectivity index is 2.45. The zero-order chi connectivity index (χ0) is 13.4. The third-order valence-electron chi connectivity index (χ3n) is 2.20. The molecule has 0 spiro atoms. The number of hydrogen-bond acceptors (Lipinski definition) is 4. The number of hydrogen-bond donors (Lipinski definition) is 2. The molecule has 100 valence electrons. The molecule has 6 heteroatoms. The highest BCUT2D eigenvalue weighted by Crippen LogP contribution is 2.16. The first-order chi connectivity index (χ1) is 8.65. The van der Waals surface area contributed by atoms with E-state index in [0.717, 1.165) is 19.4 Å². The Morgan fingerprint density at radius 3 is 2.94 bits per heavy atom. The van der Waals surface area contributed by atoms with Crippen LogP contribution in [0.25, 0.3) is 0 Å². The van der Waals surface area contributed by atoms with Crippen LogP contribution < -0.4 is 5.32 Å². The smallest absolute Gasteiger partial charge is 0.339 e. The van der Waals surface area contributed by atoms with Crippen LogP contribution in [-0.2, 0) is 4.74 Å². The lowest BCUT2D eigenvalue weighted by Gasteiger charge is -2.09. The van der Waals surface area contributed by atoms with Gasteiger partial charge in [0.2, 0.25) is 0 Å². The summed E-state index contributed by atoms with van der Waals surface area (Å²) in [7, 11) is 0. The second-order valence-corrected chi connectivity index (χ2v) is 4.12. The molecule has 0 aliphatic heterocycles. The Labute approximate surface area is 111 Å². The van der Waals surface area contributed by atoms with Gasteiger partial charge < -0.3 is 15.2 Å². The summed E-state index contributed by atoms with van der Waals surface area (Å²) in [5.41, 5.74) is 0.119. The van der Waals surface area contributed by atoms with E-state index in [-0.39, 0.29) is 10.7 Å². The van der Waals surface area contributed by atoms with Crippen molar-refractivity contribution >= 4 is 23.4 Å². The minimum atomic E-state index is -1.02. The highest BCUT2D eigenvalue weighted by atomic mass is 35.5. The van der Waals surface area contributed by atoms with E-state index in [4.69, 9.17) is 21.4 Å². The molecule has 0 saturated carbocycles. The summed E-state index contributed by atoms with van der Waals surface area (Å²) in [6.45, 7) is 4.03. The third-order valence-corrected chi connectivity index (χ3v) is 2.41. The maximum absolute atomic E-state index is 11.0. The van der Waals surface area contributed by atoms with Crippen LogP contribution in [-0.4, -0.2) is 35.8 Å². The Hall–Kier alpha value is -1.33. The Kier molecular flexibility index (Phi) is 6.46. The Morgan fingerprint density at radius 1 is 1.50 bits per heavy atom. The van der Waals surface area contributed by atoms with Crippen molar-refractivity contribution in [3.8, 4) is 0 Å². The monoisotopic (exact) mass is 272 g/mol. The van der Waals surface area contributed by atoms with E-state index < -0.39 is 5.97 Å². The molecule has 5 nitrogen and oxygen atoms in total. The van der Waals surface area contributed by atoms with Gasteiger partial charge in [-0.3, -0.25) is 0 Å². The quantitative estimate of drug-likeness (QED) is 0.562. The van der Waals surface area contributed by atoms with Crippen LogP contribution in [0.15, 0.2) is 12.1 Å². The van der Waals surface area contributed by atoms with Crippen LogP contribution in [0.1, 0.15) is 30.1 Å². The Bertz CT molecular complexity index is 399. The van der Waals surface area contributed by atoms with Gasteiger partial charge in [-0.05, 0) is 25.0 Å². The largest absolute Gasteiger partial charge is 0.478 e. The number of anilines is 1. The van der Waals surface area contributed by atoms with Crippen molar-refractivity contribution in [3.63, 3.8) is 0 Å². The lowest BCUT2D eigenvalue weighted by molar-refractivity contribution is 0.0697. The molecule has 0 amide bonds. The maximum atomic E-state index is 11.0. The number of nitrogens with zero attached hydrogens (tertiary/aromatic N) is 1. The van der Waals surface area contributed by atoms with Crippen LogP contribution >= 0.6 is 11.6 Å². The average Bonchev–Trinajstić information content (AvgIpc) is 2.33. The maximum Gasteiger partial charge on any atom is 0.339 e. The van der Waals surface area contributed by atoms with Crippen molar-refractivity contribution in [2.75, 3.05) is 25.1 Å². The molecule has 1 heterocycles. The summed E-state index contributed by atoms with van der Waals surface area (Å²) in [6.07, 6.45) is 1.78. The molecule has 0 saturated heterocycles. The number of rotatable bonds is 8. The molecule has 0 aliphatic carbocycles. The summed E-state index contributed by atoms with van der Waals surface area (Å²) in [4.78, 5) is 14.9. The number of nitrogens with one attached hydrogen (secondary N) is 1. The number of pyridine rings is 1. The summed E-state index contributed by atoms with van der Waals surface area (Å²) in [6, 6.07) is 2.90. The summed E-state index contributed by atoms with van der Waals surface area (Å²) in [5, 5.41) is 12.2. The lowest BCUT2D eigenvalue weighted by atomic mass is 10.2. The average molecular weight is 273 g/mol. The number of carboxylic acid groups (broad SMARTS) is 1. The fraction of sp³-hybridized carbons (Fsp3) is 0.500. The Morgan fingerprint density at radius 2 is 2.28 bits per heavy atom. The van der Waals surface area contributed by atoms with Gasteiger partial charge in [-0.2, -0.15) is 0 Å². The molecule has 1 rings (SSSR count). The molecule has 0 bridgehead atoms. The van der Waals surface area contributed by atoms with Crippen molar-refractivity contribution in [1.29, 1.82) is 0 Å². The molecule has 1 aromatic heterocycles. The van der Waals surface area contributed by atoms with E-state index >= 15 is 0 Å². The minimum absolute atomic E-state index is 0.119. The molecule has 0 aromatic carbocycles. The number of aromatic nitrogens is 1. The minimum Gasteiger partial charge on any atom is -0.478 e. The van der Waals surface area contributed by atoms with E-state index in [0.29, 0.717) is 19.0 Å². The van der Waals surface area contributed by atoms with Crippen molar-refractivity contribution in [3.05, 3.63) is 22.8 Å². The normalized spacial score (nSPS) is 10.3. The molecule has 0 atom stereocenters. The van der Waals surface area contributed by atoms with Gasteiger partial charge in [0.15, 0.2) is 0 Å². The van der Waals surface area contributed by atoms with Gasteiger partial charge >= 0.3 is 5.97 Å². The number of carboxylic acids is 1. The molecule has 0 unspecified atom stereocenters. The second-order valence-electron chi connectivity index (χ2n) is 3.73. The summed E-state index contributed by atoms with van der Waals surface area (Å²) in [5.74, 6) is -0.727. The zero-order valence-electron chi connectivity index (χ0n) is 10.3. The number of aromatic carboxylic acids is 1. The predicted molar refractivity (Wildman–Crippen MR) is 70.4 cm³/mol. The molecule has 0 fully saturated rings. The van der Waals surface area contributed by atoms with Crippen molar-refractivity contribution in [1.82, 2.24) is 4.98 Å². The third kappa shape index (κ3) is 4.89. The summed E-state index contributed by atoms with van der Waals surface area (Å²) >= 11 is 5.73. The van der Waals surface area contributed by atoms with Crippen LogP contribution in [0.4, 0.5) is 5.82 Å². The van der Waals surface area contributed by atoms with E-state index in [1.54, 1.807) is 0 Å². The van der Waals surface area contributed by atoms with Crippen LogP contribution in [0.3, 0.4) is 0 Å². The van der Waals surface area contributed by atoms with E-state index in [1.807, 2.05) is 6.92 Å². The molecule has 0 radical (unpaired) electrons. The first-order valence-electron chi connectivity index (χ1n) is 5.86. The predicted octanol–water partition coefficient (Wildman–Crippen LogP) is 2.66. The molecule has 1 aromatic rings. The number of halogens is 1. The molecule has 18 heavy (non-hydrogen) atoms. The SMILES string of the molecule is CCCOCCCNc1nc(Cl)ccc1C(=O)O. The van der Waals surface area contributed by atoms with E-state index in [1.165, 1.54) is 12.1 Å². The van der Waals surface area contributed by atoms with Gasteiger partial charge in [0, 0.05) is 19.8 Å². The van der Waals surface area contributed by atoms with Crippen LogP contribution in [0.2, 0.25) is 5.15 Å².